The van der Waals surface area contributed by atoms with Crippen LogP contribution in [-0.2, 0) is 11.3 Å². The van der Waals surface area contributed by atoms with E-state index < -0.39 is 0 Å². The van der Waals surface area contributed by atoms with Crippen LogP contribution in [-0.4, -0.2) is 35.6 Å². The zero-order valence-corrected chi connectivity index (χ0v) is 16.6. The molecule has 0 aromatic carbocycles. The van der Waals surface area contributed by atoms with Gasteiger partial charge in [-0.1, -0.05) is 0 Å². The van der Waals surface area contributed by atoms with E-state index in [0.717, 1.165) is 33.8 Å². The van der Waals surface area contributed by atoms with Gasteiger partial charge < -0.3 is 11.1 Å². The Balaban J connectivity index is 1.48. The second-order valence-corrected chi connectivity index (χ2v) is 6.74. The van der Waals surface area contributed by atoms with Crippen molar-refractivity contribution in [3.63, 3.8) is 0 Å². The molecule has 0 saturated heterocycles. The van der Waals surface area contributed by atoms with Crippen LogP contribution in [0, 0.1) is 13.8 Å². The third-order valence-electron chi connectivity index (χ3n) is 4.63. The summed E-state index contributed by atoms with van der Waals surface area (Å²) in [5, 5.41) is 7.31. The fourth-order valence-corrected chi connectivity index (χ4v) is 3.26. The third kappa shape index (κ3) is 4.00. The smallest absolute Gasteiger partial charge is 0.247 e. The quantitative estimate of drug-likeness (QED) is 0.527. The first-order chi connectivity index (χ1) is 14.5. The number of hydrogen-bond acceptors (Lipinski definition) is 7. The van der Waals surface area contributed by atoms with E-state index in [4.69, 9.17) is 5.73 Å². The molecule has 0 saturated carbocycles. The van der Waals surface area contributed by atoms with E-state index in [0.29, 0.717) is 11.6 Å². The number of amides is 1. The molecule has 4 heterocycles. The van der Waals surface area contributed by atoms with Crippen molar-refractivity contribution in [3.8, 4) is 22.4 Å². The molecule has 0 spiro atoms. The Morgan fingerprint density at radius 2 is 1.90 bits per heavy atom. The van der Waals surface area contributed by atoms with Gasteiger partial charge in [-0.25, -0.2) is 9.97 Å². The Morgan fingerprint density at radius 3 is 2.60 bits per heavy atom. The van der Waals surface area contributed by atoms with Crippen molar-refractivity contribution in [1.29, 1.82) is 0 Å². The molecule has 0 unspecified atom stereocenters. The van der Waals surface area contributed by atoms with Gasteiger partial charge in [-0.05, 0) is 43.7 Å². The van der Waals surface area contributed by atoms with Crippen molar-refractivity contribution in [1.82, 2.24) is 29.7 Å². The van der Waals surface area contributed by atoms with Gasteiger partial charge in [0.2, 0.25) is 5.91 Å². The van der Waals surface area contributed by atoms with Gasteiger partial charge in [-0.2, -0.15) is 5.10 Å². The maximum atomic E-state index is 12.5. The van der Waals surface area contributed by atoms with Crippen LogP contribution in [0.2, 0.25) is 0 Å². The second kappa shape index (κ2) is 8.08. The average molecular weight is 400 g/mol. The maximum absolute atomic E-state index is 12.5. The number of nitrogen functional groups attached to an aromatic ring is 1. The first-order valence-corrected chi connectivity index (χ1v) is 9.29. The van der Waals surface area contributed by atoms with Gasteiger partial charge in [-0.3, -0.25) is 19.4 Å². The normalized spacial score (nSPS) is 10.7. The van der Waals surface area contributed by atoms with Crippen molar-refractivity contribution < 1.29 is 4.79 Å². The minimum Gasteiger partial charge on any atom is -0.384 e. The van der Waals surface area contributed by atoms with Crippen LogP contribution in [0.25, 0.3) is 22.4 Å². The van der Waals surface area contributed by atoms with Gasteiger partial charge in [0.1, 0.15) is 18.2 Å². The fourth-order valence-electron chi connectivity index (χ4n) is 3.26. The Morgan fingerprint density at radius 1 is 1.03 bits per heavy atom. The summed E-state index contributed by atoms with van der Waals surface area (Å²) < 4.78 is 1.67. The lowest BCUT2D eigenvalue weighted by Gasteiger charge is -2.08. The fraction of sp³-hybridized carbons (Fsp3) is 0.143. The van der Waals surface area contributed by atoms with Crippen LogP contribution in [0.1, 0.15) is 11.4 Å². The van der Waals surface area contributed by atoms with Gasteiger partial charge in [0.25, 0.3) is 0 Å². The number of aromatic nitrogens is 6. The van der Waals surface area contributed by atoms with Gasteiger partial charge in [-0.15, -0.1) is 0 Å². The summed E-state index contributed by atoms with van der Waals surface area (Å²) in [5.74, 6) is 0.672. The van der Waals surface area contributed by atoms with Gasteiger partial charge in [0.05, 0.1) is 17.6 Å². The lowest BCUT2D eigenvalue weighted by Crippen LogP contribution is -2.20. The average Bonchev–Trinajstić information content (AvgIpc) is 3.02. The molecule has 3 N–H and O–H groups in total. The summed E-state index contributed by atoms with van der Waals surface area (Å²) in [6.07, 6.45) is 8.19. The molecule has 9 heteroatoms. The van der Waals surface area contributed by atoms with Gasteiger partial charge in [0.15, 0.2) is 0 Å². The number of nitrogens with one attached hydrogen (secondary N) is 1. The SMILES string of the molecule is Cc1nn(CC(=O)Nc2ccc(-c3cnccn3)cn2)c(C)c1-c1ccnc(N)c1. The highest BCUT2D eigenvalue weighted by Crippen LogP contribution is 2.27. The van der Waals surface area contributed by atoms with Crippen LogP contribution in [0.15, 0.2) is 55.2 Å². The molecule has 0 aliphatic rings. The highest BCUT2D eigenvalue weighted by atomic mass is 16.2. The van der Waals surface area contributed by atoms with E-state index in [1.54, 1.807) is 47.8 Å². The largest absolute Gasteiger partial charge is 0.384 e. The number of anilines is 2. The molecule has 0 aliphatic heterocycles. The molecule has 150 valence electrons. The van der Waals surface area contributed by atoms with Crippen LogP contribution in [0.4, 0.5) is 11.6 Å². The molecule has 4 aromatic rings. The molecule has 0 atom stereocenters. The number of nitrogens with zero attached hydrogens (tertiary/aromatic N) is 6. The Bertz CT molecular complexity index is 1190. The van der Waals surface area contributed by atoms with Gasteiger partial charge >= 0.3 is 0 Å². The number of rotatable bonds is 5. The molecule has 1 amide bonds. The minimum atomic E-state index is -0.221. The third-order valence-corrected chi connectivity index (χ3v) is 4.63. The standard InChI is InChI=1S/C21H20N8O/c1-13-21(15-5-6-25-18(22)9-15)14(2)29(28-13)12-20(30)27-19-4-3-16(10-26-19)17-11-23-7-8-24-17/h3-11H,12H2,1-2H3,(H2,22,25)(H,26,27,30). The van der Waals surface area contributed by atoms with Crippen molar-refractivity contribution in [3.05, 3.63) is 66.6 Å². The molecule has 0 fully saturated rings. The van der Waals surface area contributed by atoms with Crippen molar-refractivity contribution in [2.24, 2.45) is 0 Å². The summed E-state index contributed by atoms with van der Waals surface area (Å²) in [4.78, 5) is 29.1. The van der Waals surface area contributed by atoms with Crippen molar-refractivity contribution in [2.75, 3.05) is 11.1 Å². The number of carbonyl (C=O) groups is 1. The molecule has 0 bridgehead atoms. The molecule has 4 aromatic heterocycles. The number of hydrogen-bond donors (Lipinski definition) is 2. The molecule has 0 radical (unpaired) electrons. The van der Waals surface area contributed by atoms with E-state index in [1.165, 1.54) is 0 Å². The summed E-state index contributed by atoms with van der Waals surface area (Å²) in [6.45, 7) is 3.90. The summed E-state index contributed by atoms with van der Waals surface area (Å²) in [7, 11) is 0. The molecule has 9 nitrogen and oxygen atoms in total. The summed E-state index contributed by atoms with van der Waals surface area (Å²) in [5.41, 5.74) is 10.9. The number of nitrogens with two attached hydrogens (primary N) is 1. The molecule has 30 heavy (non-hydrogen) atoms. The maximum Gasteiger partial charge on any atom is 0.247 e. The first-order valence-electron chi connectivity index (χ1n) is 9.29. The molecule has 4 rings (SSSR count). The van der Waals surface area contributed by atoms with Crippen LogP contribution in [0.3, 0.4) is 0 Å². The Kier molecular flexibility index (Phi) is 5.17. The first kappa shape index (κ1) is 19.2. The number of carbonyl (C=O) groups excluding carboxylic acids is 1. The van der Waals surface area contributed by atoms with E-state index >= 15 is 0 Å². The van der Waals surface area contributed by atoms with Gasteiger partial charge in [0, 0.05) is 41.6 Å². The zero-order chi connectivity index (χ0) is 21.1. The number of aryl methyl sites for hydroxylation is 1. The number of pyridine rings is 2. The van der Waals surface area contributed by atoms with Crippen molar-refractivity contribution in [2.45, 2.75) is 20.4 Å². The summed E-state index contributed by atoms with van der Waals surface area (Å²) >= 11 is 0. The zero-order valence-electron chi connectivity index (χ0n) is 16.6. The van der Waals surface area contributed by atoms with Crippen molar-refractivity contribution >= 4 is 17.5 Å². The van der Waals surface area contributed by atoms with E-state index in [1.807, 2.05) is 26.0 Å². The van der Waals surface area contributed by atoms with E-state index in [2.05, 4.69) is 30.4 Å². The predicted molar refractivity (Wildman–Crippen MR) is 113 cm³/mol. The minimum absolute atomic E-state index is 0.0703. The molecular formula is C21H20N8O. The highest BCUT2D eigenvalue weighted by molar-refractivity contribution is 5.89. The predicted octanol–water partition coefficient (Wildman–Crippen LogP) is 2.63. The van der Waals surface area contributed by atoms with E-state index in [9.17, 15) is 4.79 Å². The van der Waals surface area contributed by atoms with Crippen LogP contribution >= 0.6 is 0 Å². The van der Waals surface area contributed by atoms with Crippen LogP contribution < -0.4 is 11.1 Å². The monoisotopic (exact) mass is 400 g/mol. The van der Waals surface area contributed by atoms with E-state index in [-0.39, 0.29) is 12.5 Å². The topological polar surface area (TPSA) is 124 Å². The molecule has 0 aliphatic carbocycles. The summed E-state index contributed by atoms with van der Waals surface area (Å²) in [6, 6.07) is 7.24. The molecular weight excluding hydrogens is 380 g/mol. The lowest BCUT2D eigenvalue weighted by molar-refractivity contribution is -0.117. The second-order valence-electron chi connectivity index (χ2n) is 6.74. The highest BCUT2D eigenvalue weighted by Gasteiger charge is 2.16. The Hall–Kier alpha value is -4.14. The Labute approximate surface area is 173 Å². The van der Waals surface area contributed by atoms with Crippen LogP contribution in [0.5, 0.6) is 0 Å². The lowest BCUT2D eigenvalue weighted by atomic mass is 10.1.